The molecular formula is C12H13N3O3. The second-order valence-electron chi connectivity index (χ2n) is 4.69. The van der Waals surface area contributed by atoms with Gasteiger partial charge in [0.15, 0.2) is 5.43 Å². The molecule has 1 aliphatic carbocycles. The van der Waals surface area contributed by atoms with Crippen LogP contribution in [0.25, 0.3) is 11.0 Å². The van der Waals surface area contributed by atoms with Crippen molar-refractivity contribution >= 4 is 11.0 Å². The van der Waals surface area contributed by atoms with Gasteiger partial charge in [0.2, 0.25) is 0 Å². The number of nitrogens with zero attached hydrogens (tertiary/aromatic N) is 2. The van der Waals surface area contributed by atoms with Crippen LogP contribution in [-0.4, -0.2) is 14.1 Å². The predicted molar refractivity (Wildman–Crippen MR) is 67.1 cm³/mol. The lowest BCUT2D eigenvalue weighted by molar-refractivity contribution is 0.705. The standard InChI is InChI=1S/C12H13N3O3/c1-14-10-8(11(17)15(2)12(14)18)9(16)6-4-3-5-7(6)13-10/h3-5H2,1-2H3,(H,13,16). The molecule has 6 nitrogen and oxygen atoms in total. The number of rotatable bonds is 0. The van der Waals surface area contributed by atoms with Crippen molar-refractivity contribution in [2.45, 2.75) is 19.3 Å². The zero-order valence-corrected chi connectivity index (χ0v) is 10.2. The van der Waals surface area contributed by atoms with Gasteiger partial charge in [-0.3, -0.25) is 18.7 Å². The summed E-state index contributed by atoms with van der Waals surface area (Å²) in [6.45, 7) is 0. The summed E-state index contributed by atoms with van der Waals surface area (Å²) >= 11 is 0. The number of pyridine rings is 1. The van der Waals surface area contributed by atoms with Gasteiger partial charge in [-0.25, -0.2) is 4.79 Å². The van der Waals surface area contributed by atoms with E-state index >= 15 is 0 Å². The third kappa shape index (κ3) is 1.20. The molecule has 1 aliphatic rings. The van der Waals surface area contributed by atoms with Gasteiger partial charge < -0.3 is 4.98 Å². The Hall–Kier alpha value is -2.11. The Morgan fingerprint density at radius 2 is 1.78 bits per heavy atom. The molecular weight excluding hydrogens is 234 g/mol. The fraction of sp³-hybridized carbons (Fsp3) is 0.417. The summed E-state index contributed by atoms with van der Waals surface area (Å²) in [5.41, 5.74) is 0.695. The first-order valence-corrected chi connectivity index (χ1v) is 5.86. The third-order valence-electron chi connectivity index (χ3n) is 3.65. The van der Waals surface area contributed by atoms with Crippen molar-refractivity contribution < 1.29 is 0 Å². The monoisotopic (exact) mass is 247 g/mol. The maximum Gasteiger partial charge on any atom is 0.332 e. The molecule has 2 heterocycles. The van der Waals surface area contributed by atoms with E-state index in [4.69, 9.17) is 0 Å². The zero-order valence-electron chi connectivity index (χ0n) is 10.2. The maximum atomic E-state index is 12.3. The summed E-state index contributed by atoms with van der Waals surface area (Å²) in [5.74, 6) is 0. The number of aryl methyl sites for hydroxylation is 2. The fourth-order valence-corrected chi connectivity index (χ4v) is 2.62. The van der Waals surface area contributed by atoms with E-state index < -0.39 is 11.2 Å². The van der Waals surface area contributed by atoms with E-state index in [2.05, 4.69) is 4.98 Å². The molecule has 0 spiro atoms. The van der Waals surface area contributed by atoms with Crippen LogP contribution in [0, 0.1) is 0 Å². The van der Waals surface area contributed by atoms with Crippen molar-refractivity contribution in [3.63, 3.8) is 0 Å². The second kappa shape index (κ2) is 3.44. The molecule has 0 fully saturated rings. The quantitative estimate of drug-likeness (QED) is 0.676. The highest BCUT2D eigenvalue weighted by Crippen LogP contribution is 2.18. The first-order chi connectivity index (χ1) is 8.52. The first-order valence-electron chi connectivity index (χ1n) is 5.86. The second-order valence-corrected chi connectivity index (χ2v) is 4.69. The summed E-state index contributed by atoms with van der Waals surface area (Å²) in [7, 11) is 2.94. The lowest BCUT2D eigenvalue weighted by Gasteiger charge is -2.09. The van der Waals surface area contributed by atoms with Crippen LogP contribution in [0.3, 0.4) is 0 Å². The van der Waals surface area contributed by atoms with Gasteiger partial charge in [0.25, 0.3) is 5.56 Å². The summed E-state index contributed by atoms with van der Waals surface area (Å²) in [6, 6.07) is 0. The Morgan fingerprint density at radius 3 is 2.50 bits per heavy atom. The van der Waals surface area contributed by atoms with Crippen molar-refractivity contribution in [3.05, 3.63) is 42.3 Å². The Balaban J connectivity index is 2.68. The number of H-pyrrole nitrogens is 1. The number of hydrogen-bond acceptors (Lipinski definition) is 3. The molecule has 2 aromatic rings. The lowest BCUT2D eigenvalue weighted by atomic mass is 10.1. The number of hydrogen-bond donors (Lipinski definition) is 1. The summed E-state index contributed by atoms with van der Waals surface area (Å²) in [4.78, 5) is 39.3. The molecule has 0 radical (unpaired) electrons. The number of aromatic amines is 1. The Labute approximate surface area is 101 Å². The molecule has 0 saturated carbocycles. The number of nitrogens with one attached hydrogen (secondary N) is 1. The van der Waals surface area contributed by atoms with E-state index in [1.807, 2.05) is 0 Å². The average molecular weight is 247 g/mol. The van der Waals surface area contributed by atoms with Gasteiger partial charge in [-0.05, 0) is 19.3 Å². The molecule has 2 aromatic heterocycles. The molecule has 0 atom stereocenters. The van der Waals surface area contributed by atoms with E-state index in [0.717, 1.165) is 23.1 Å². The van der Waals surface area contributed by atoms with E-state index in [1.165, 1.54) is 11.6 Å². The largest absolute Gasteiger partial charge is 0.344 e. The molecule has 6 heteroatoms. The summed E-state index contributed by atoms with van der Waals surface area (Å²) < 4.78 is 2.29. The van der Waals surface area contributed by atoms with Crippen LogP contribution in [-0.2, 0) is 26.9 Å². The minimum Gasteiger partial charge on any atom is -0.344 e. The Bertz CT molecular complexity index is 839. The van der Waals surface area contributed by atoms with Gasteiger partial charge in [0, 0.05) is 25.4 Å². The molecule has 94 valence electrons. The van der Waals surface area contributed by atoms with Gasteiger partial charge in [0.05, 0.1) is 0 Å². The third-order valence-corrected chi connectivity index (χ3v) is 3.65. The van der Waals surface area contributed by atoms with Gasteiger partial charge in [0.1, 0.15) is 11.0 Å². The molecule has 0 saturated heterocycles. The number of fused-ring (bicyclic) bond motifs is 2. The highest BCUT2D eigenvalue weighted by molar-refractivity contribution is 5.75. The van der Waals surface area contributed by atoms with Crippen molar-refractivity contribution in [1.29, 1.82) is 0 Å². The SMILES string of the molecule is Cn1c(=O)c2c(=O)c3c([nH]c2n(C)c1=O)CCC3. The van der Waals surface area contributed by atoms with Crippen LogP contribution in [0.2, 0.25) is 0 Å². The van der Waals surface area contributed by atoms with E-state index in [1.54, 1.807) is 7.05 Å². The fourth-order valence-electron chi connectivity index (χ4n) is 2.62. The molecule has 0 bridgehead atoms. The Kier molecular flexibility index (Phi) is 2.10. The van der Waals surface area contributed by atoms with Crippen LogP contribution in [0.15, 0.2) is 14.4 Å². The van der Waals surface area contributed by atoms with Crippen LogP contribution in [0.1, 0.15) is 17.7 Å². The molecule has 0 amide bonds. The molecule has 1 N–H and O–H groups in total. The van der Waals surface area contributed by atoms with Crippen molar-refractivity contribution in [2.24, 2.45) is 14.1 Å². The van der Waals surface area contributed by atoms with Crippen LogP contribution < -0.4 is 16.7 Å². The van der Waals surface area contributed by atoms with E-state index in [0.29, 0.717) is 17.6 Å². The summed E-state index contributed by atoms with van der Waals surface area (Å²) in [5, 5.41) is 0.0836. The minimum atomic E-state index is -0.524. The highest BCUT2D eigenvalue weighted by atomic mass is 16.2. The zero-order chi connectivity index (χ0) is 13.0. The molecule has 0 unspecified atom stereocenters. The van der Waals surface area contributed by atoms with Crippen molar-refractivity contribution in [3.8, 4) is 0 Å². The van der Waals surface area contributed by atoms with Crippen LogP contribution in [0.4, 0.5) is 0 Å². The predicted octanol–water partition coefficient (Wildman–Crippen LogP) is -0.586. The van der Waals surface area contributed by atoms with Gasteiger partial charge >= 0.3 is 5.69 Å². The van der Waals surface area contributed by atoms with Gasteiger partial charge in [-0.15, -0.1) is 0 Å². The maximum absolute atomic E-state index is 12.3. The van der Waals surface area contributed by atoms with E-state index in [9.17, 15) is 14.4 Å². The van der Waals surface area contributed by atoms with Gasteiger partial charge in [-0.1, -0.05) is 0 Å². The van der Waals surface area contributed by atoms with Gasteiger partial charge in [-0.2, -0.15) is 0 Å². The van der Waals surface area contributed by atoms with Crippen LogP contribution >= 0.6 is 0 Å². The molecule has 0 aromatic carbocycles. The first kappa shape index (κ1) is 11.0. The topological polar surface area (TPSA) is 76.9 Å². The minimum absolute atomic E-state index is 0.0836. The molecule has 18 heavy (non-hydrogen) atoms. The summed E-state index contributed by atoms with van der Waals surface area (Å²) in [6.07, 6.45) is 2.40. The normalized spacial score (nSPS) is 14.1. The lowest BCUT2D eigenvalue weighted by Crippen LogP contribution is -2.39. The number of aromatic nitrogens is 3. The highest BCUT2D eigenvalue weighted by Gasteiger charge is 2.21. The van der Waals surface area contributed by atoms with E-state index in [-0.39, 0.29) is 10.8 Å². The average Bonchev–Trinajstić information content (AvgIpc) is 2.82. The van der Waals surface area contributed by atoms with Crippen molar-refractivity contribution in [1.82, 2.24) is 14.1 Å². The molecule has 3 rings (SSSR count). The Morgan fingerprint density at radius 1 is 1.06 bits per heavy atom. The van der Waals surface area contributed by atoms with Crippen LogP contribution in [0.5, 0.6) is 0 Å². The van der Waals surface area contributed by atoms with Crippen molar-refractivity contribution in [2.75, 3.05) is 0 Å². The molecule has 0 aliphatic heterocycles. The smallest absolute Gasteiger partial charge is 0.332 e.